The van der Waals surface area contributed by atoms with Gasteiger partial charge in [0.05, 0.1) is 23.0 Å². The van der Waals surface area contributed by atoms with E-state index in [-0.39, 0.29) is 17.1 Å². The Balaban J connectivity index is 1.54. The van der Waals surface area contributed by atoms with E-state index < -0.39 is 0 Å². The number of carbonyl (C=O) groups excluding carboxylic acids is 2. The summed E-state index contributed by atoms with van der Waals surface area (Å²) in [4.78, 5) is 26.0. The molecule has 6 heteroatoms. The first-order valence-electron chi connectivity index (χ1n) is 8.73. The second-order valence-corrected chi connectivity index (χ2v) is 7.76. The van der Waals surface area contributed by atoms with Gasteiger partial charge in [0, 0.05) is 22.5 Å². The summed E-state index contributed by atoms with van der Waals surface area (Å²) in [6.07, 6.45) is 1.94. The summed E-state index contributed by atoms with van der Waals surface area (Å²) in [7, 11) is 0. The Morgan fingerprint density at radius 2 is 1.96 bits per heavy atom. The summed E-state index contributed by atoms with van der Waals surface area (Å²) in [6.45, 7) is 2.35. The molecule has 0 fully saturated rings. The number of hydrogen-bond acceptors (Lipinski definition) is 3. The SMILES string of the molecule is C[C@H](Sc1ccccc1)C(=O)Nc1ccc2c(c1)C(=O)NCc1cccn1-2. The predicted molar refractivity (Wildman–Crippen MR) is 107 cm³/mol. The number of aromatic nitrogens is 1. The van der Waals surface area contributed by atoms with Crippen molar-refractivity contribution in [2.45, 2.75) is 23.6 Å². The molecular formula is C21H19N3O2S. The molecule has 1 aliphatic heterocycles. The van der Waals surface area contributed by atoms with E-state index in [2.05, 4.69) is 10.6 Å². The van der Waals surface area contributed by atoms with Gasteiger partial charge < -0.3 is 15.2 Å². The molecule has 1 atom stereocenters. The van der Waals surface area contributed by atoms with Gasteiger partial charge in [-0.15, -0.1) is 11.8 Å². The van der Waals surface area contributed by atoms with E-state index in [1.807, 2.05) is 72.3 Å². The Hall–Kier alpha value is -2.99. The summed E-state index contributed by atoms with van der Waals surface area (Å²) in [5.41, 5.74) is 3.00. The van der Waals surface area contributed by atoms with Crippen molar-refractivity contribution in [2.75, 3.05) is 5.32 Å². The first kappa shape index (κ1) is 17.4. The Bertz CT molecular complexity index is 998. The predicted octanol–water partition coefficient (Wildman–Crippen LogP) is 3.84. The Labute approximate surface area is 161 Å². The number of amides is 2. The lowest BCUT2D eigenvalue weighted by Gasteiger charge is -2.14. The number of nitrogens with one attached hydrogen (secondary N) is 2. The fourth-order valence-corrected chi connectivity index (χ4v) is 3.96. The molecular weight excluding hydrogens is 358 g/mol. The van der Waals surface area contributed by atoms with Crippen LogP contribution < -0.4 is 10.6 Å². The van der Waals surface area contributed by atoms with E-state index in [0.717, 1.165) is 16.3 Å². The highest BCUT2D eigenvalue weighted by Gasteiger charge is 2.21. The van der Waals surface area contributed by atoms with Crippen molar-refractivity contribution in [3.8, 4) is 5.69 Å². The molecule has 3 aromatic rings. The molecule has 2 N–H and O–H groups in total. The number of carbonyl (C=O) groups is 2. The number of anilines is 1. The van der Waals surface area contributed by atoms with Gasteiger partial charge in [0.1, 0.15) is 0 Å². The van der Waals surface area contributed by atoms with Crippen molar-refractivity contribution in [3.63, 3.8) is 0 Å². The second-order valence-electron chi connectivity index (χ2n) is 6.35. The zero-order valence-corrected chi connectivity index (χ0v) is 15.6. The fourth-order valence-electron chi connectivity index (χ4n) is 3.07. The molecule has 0 radical (unpaired) electrons. The second kappa shape index (κ2) is 7.32. The molecule has 2 heterocycles. The van der Waals surface area contributed by atoms with Gasteiger partial charge in [-0.05, 0) is 49.4 Å². The van der Waals surface area contributed by atoms with Gasteiger partial charge in [0.2, 0.25) is 5.91 Å². The minimum Gasteiger partial charge on any atom is -0.346 e. The molecule has 0 saturated carbocycles. The van der Waals surface area contributed by atoms with Crippen LogP contribution in [0.2, 0.25) is 0 Å². The molecule has 0 spiro atoms. The van der Waals surface area contributed by atoms with Crippen molar-refractivity contribution < 1.29 is 9.59 Å². The van der Waals surface area contributed by atoms with Crippen LogP contribution in [-0.2, 0) is 11.3 Å². The van der Waals surface area contributed by atoms with Crippen molar-refractivity contribution >= 4 is 29.3 Å². The maximum atomic E-state index is 12.6. The van der Waals surface area contributed by atoms with E-state index in [0.29, 0.717) is 17.8 Å². The number of rotatable bonds is 4. The van der Waals surface area contributed by atoms with Gasteiger partial charge in [-0.2, -0.15) is 0 Å². The van der Waals surface area contributed by atoms with Gasteiger partial charge in [-0.1, -0.05) is 18.2 Å². The lowest BCUT2D eigenvalue weighted by atomic mass is 10.1. The molecule has 1 aromatic heterocycles. The summed E-state index contributed by atoms with van der Waals surface area (Å²) < 4.78 is 1.99. The van der Waals surface area contributed by atoms with E-state index in [9.17, 15) is 9.59 Å². The van der Waals surface area contributed by atoms with Crippen LogP contribution in [-0.4, -0.2) is 21.6 Å². The average Bonchev–Trinajstić information content (AvgIpc) is 3.10. The van der Waals surface area contributed by atoms with Crippen LogP contribution in [0.1, 0.15) is 23.0 Å². The molecule has 2 amide bonds. The smallest absolute Gasteiger partial charge is 0.253 e. The summed E-state index contributed by atoms with van der Waals surface area (Å²) in [5, 5.41) is 5.57. The third-order valence-electron chi connectivity index (χ3n) is 4.46. The molecule has 136 valence electrons. The lowest BCUT2D eigenvalue weighted by Crippen LogP contribution is -2.23. The van der Waals surface area contributed by atoms with Crippen LogP contribution in [0.15, 0.2) is 71.8 Å². The summed E-state index contributed by atoms with van der Waals surface area (Å²) in [6, 6.07) is 19.2. The minimum atomic E-state index is -0.254. The zero-order chi connectivity index (χ0) is 18.8. The van der Waals surface area contributed by atoms with E-state index >= 15 is 0 Å². The Kier molecular flexibility index (Phi) is 4.73. The van der Waals surface area contributed by atoms with Crippen LogP contribution in [0, 0.1) is 0 Å². The third kappa shape index (κ3) is 3.61. The van der Waals surface area contributed by atoms with E-state index in [4.69, 9.17) is 0 Å². The molecule has 5 nitrogen and oxygen atoms in total. The molecule has 4 rings (SSSR count). The Morgan fingerprint density at radius 1 is 1.15 bits per heavy atom. The molecule has 27 heavy (non-hydrogen) atoms. The number of nitrogens with zero attached hydrogens (tertiary/aromatic N) is 1. The average molecular weight is 377 g/mol. The molecule has 2 aromatic carbocycles. The van der Waals surface area contributed by atoms with Crippen LogP contribution in [0.5, 0.6) is 0 Å². The number of thioether (sulfide) groups is 1. The summed E-state index contributed by atoms with van der Waals surface area (Å²) >= 11 is 1.50. The summed E-state index contributed by atoms with van der Waals surface area (Å²) in [5.74, 6) is -0.240. The molecule has 0 unspecified atom stereocenters. The van der Waals surface area contributed by atoms with Crippen LogP contribution in [0.4, 0.5) is 5.69 Å². The molecule has 1 aliphatic rings. The maximum Gasteiger partial charge on any atom is 0.253 e. The van der Waals surface area contributed by atoms with Crippen LogP contribution >= 0.6 is 11.8 Å². The number of hydrogen-bond donors (Lipinski definition) is 2. The van der Waals surface area contributed by atoms with Gasteiger partial charge in [0.15, 0.2) is 0 Å². The maximum absolute atomic E-state index is 12.6. The largest absolute Gasteiger partial charge is 0.346 e. The number of fused-ring (bicyclic) bond motifs is 3. The van der Waals surface area contributed by atoms with Gasteiger partial charge in [-0.25, -0.2) is 0 Å². The first-order valence-corrected chi connectivity index (χ1v) is 9.61. The third-order valence-corrected chi connectivity index (χ3v) is 5.57. The van der Waals surface area contributed by atoms with Gasteiger partial charge >= 0.3 is 0 Å². The highest BCUT2D eigenvalue weighted by molar-refractivity contribution is 8.00. The Morgan fingerprint density at radius 3 is 2.78 bits per heavy atom. The lowest BCUT2D eigenvalue weighted by molar-refractivity contribution is -0.115. The number of benzene rings is 2. The fraction of sp³-hybridized carbons (Fsp3) is 0.143. The van der Waals surface area contributed by atoms with Crippen molar-refractivity contribution in [1.29, 1.82) is 0 Å². The quantitative estimate of drug-likeness (QED) is 0.679. The van der Waals surface area contributed by atoms with Crippen LogP contribution in [0.3, 0.4) is 0 Å². The highest BCUT2D eigenvalue weighted by atomic mass is 32.2. The van der Waals surface area contributed by atoms with E-state index in [1.165, 1.54) is 11.8 Å². The van der Waals surface area contributed by atoms with Crippen LogP contribution in [0.25, 0.3) is 5.69 Å². The standard InChI is InChI=1S/C21H19N3O2S/c1-14(27-17-7-3-2-4-8-17)20(25)23-15-9-10-19-18(12-15)21(26)22-13-16-6-5-11-24(16)19/h2-12,14H,13H2,1H3,(H,22,26)(H,23,25)/t14-/m0/s1. The zero-order valence-electron chi connectivity index (χ0n) is 14.8. The normalized spacial score (nSPS) is 13.7. The van der Waals surface area contributed by atoms with Gasteiger partial charge in [0.25, 0.3) is 5.91 Å². The molecule has 0 saturated heterocycles. The minimum absolute atomic E-state index is 0.0977. The first-order chi connectivity index (χ1) is 13.1. The van der Waals surface area contributed by atoms with Gasteiger partial charge in [-0.3, -0.25) is 9.59 Å². The van der Waals surface area contributed by atoms with E-state index in [1.54, 1.807) is 6.07 Å². The topological polar surface area (TPSA) is 63.1 Å². The molecule has 0 bridgehead atoms. The molecule has 0 aliphatic carbocycles. The highest BCUT2D eigenvalue weighted by Crippen LogP contribution is 2.26. The van der Waals surface area contributed by atoms with Crippen molar-refractivity contribution in [3.05, 3.63) is 78.1 Å². The monoisotopic (exact) mass is 377 g/mol. The van der Waals surface area contributed by atoms with Crippen molar-refractivity contribution in [1.82, 2.24) is 9.88 Å². The van der Waals surface area contributed by atoms with Crippen molar-refractivity contribution in [2.24, 2.45) is 0 Å².